The molecule has 0 saturated carbocycles. The van der Waals surface area contributed by atoms with Gasteiger partial charge in [0, 0.05) is 44.1 Å². The van der Waals surface area contributed by atoms with Gasteiger partial charge in [-0.3, -0.25) is 13.7 Å². The van der Waals surface area contributed by atoms with Crippen LogP contribution in [0, 0.1) is 0 Å². The monoisotopic (exact) mass is 985 g/mol. The Morgan fingerprint density at radius 2 is 1.06 bits per heavy atom. The molecule has 0 atom stereocenters. The van der Waals surface area contributed by atoms with E-state index in [-0.39, 0.29) is 55.6 Å². The molecular formula is C35H43N11O11S6. The van der Waals surface area contributed by atoms with Gasteiger partial charge >= 0.3 is 0 Å². The number of aromatic nitrogens is 3. The quantitative estimate of drug-likeness (QED) is 0.0246. The molecule has 63 heavy (non-hydrogen) atoms. The molecule has 3 aromatic heterocycles. The molecule has 5 aromatic rings. The van der Waals surface area contributed by atoms with Crippen LogP contribution in [0.15, 0.2) is 82.6 Å². The average molecular weight is 986 g/mol. The molecule has 0 spiro atoms. The van der Waals surface area contributed by atoms with Gasteiger partial charge in [0.05, 0.1) is 42.7 Å². The van der Waals surface area contributed by atoms with Crippen LogP contribution in [0.3, 0.4) is 0 Å². The fourth-order valence-corrected chi connectivity index (χ4v) is 10.7. The van der Waals surface area contributed by atoms with E-state index in [1.54, 1.807) is 24.3 Å². The summed E-state index contributed by atoms with van der Waals surface area (Å²) in [4.78, 5) is 16.7. The normalized spacial score (nSPS) is 12.3. The Morgan fingerprint density at radius 1 is 0.651 bits per heavy atom. The summed E-state index contributed by atoms with van der Waals surface area (Å²) in [6.07, 6.45) is 0. The lowest BCUT2D eigenvalue weighted by Crippen LogP contribution is -2.22. The SMILES string of the molecule is CCN(CC)c1cc(Nc2nc(Nc3cc(N(CC)CC)c(OC)cc3N=Nc3sccc3S(=O)(=O)O)nc(SCCS(=O)(=O)O)n2)c(N=Nc2sccc2S(=O)(=O)O)cc1OC. The highest BCUT2D eigenvalue weighted by Crippen LogP contribution is 2.43. The van der Waals surface area contributed by atoms with Crippen LogP contribution in [0.5, 0.6) is 11.5 Å². The van der Waals surface area contributed by atoms with E-state index in [1.807, 2.05) is 37.5 Å². The molecule has 22 nitrogen and oxygen atoms in total. The van der Waals surface area contributed by atoms with Gasteiger partial charge in [-0.15, -0.1) is 43.1 Å². The number of anilines is 6. The molecule has 5 rings (SSSR count). The summed E-state index contributed by atoms with van der Waals surface area (Å²) in [5, 5.41) is 25.8. The van der Waals surface area contributed by atoms with Gasteiger partial charge in [0.25, 0.3) is 30.4 Å². The van der Waals surface area contributed by atoms with E-state index in [9.17, 15) is 38.9 Å². The van der Waals surface area contributed by atoms with Crippen molar-refractivity contribution in [3.8, 4) is 11.5 Å². The summed E-state index contributed by atoms with van der Waals surface area (Å²) in [6.45, 7) is 10.1. The molecule has 0 unspecified atom stereocenters. The summed E-state index contributed by atoms with van der Waals surface area (Å²) in [6, 6.07) is 8.91. The molecule has 28 heteroatoms. The van der Waals surface area contributed by atoms with Crippen molar-refractivity contribution in [3.05, 3.63) is 47.2 Å². The van der Waals surface area contributed by atoms with Crippen LogP contribution in [-0.4, -0.2) is 106 Å². The summed E-state index contributed by atoms with van der Waals surface area (Å²) in [7, 11) is -10.7. The van der Waals surface area contributed by atoms with E-state index >= 15 is 0 Å². The van der Waals surface area contributed by atoms with E-state index in [0.29, 0.717) is 49.1 Å². The standard InChI is InChI=1S/C35H43N11O11S6/c1-7-45(8-2)25-17-21(23(19-27(25)56-5)41-43-31-29(11-13-58-31)62(50,51)52)36-33-38-34(40-35(39-33)60-15-16-61(47,48)49)37-22-18-26(46(9-3)10-4)28(57-6)20-24(22)42-44-32-30(12-14-59-32)63(53,54)55/h11-14,17-20H,7-10,15-16H2,1-6H3,(H,47,48,49)(H,50,51,52)(H,53,54,55)(H2,36,37,38,39,40). The van der Waals surface area contributed by atoms with Gasteiger partial charge in [0.15, 0.2) is 15.2 Å². The number of nitrogens with zero attached hydrogens (tertiary/aromatic N) is 9. The number of thioether (sulfide) groups is 1. The van der Waals surface area contributed by atoms with Crippen molar-refractivity contribution in [1.82, 2.24) is 15.0 Å². The third-order valence-electron chi connectivity index (χ3n) is 8.76. The van der Waals surface area contributed by atoms with Gasteiger partial charge in [0.1, 0.15) is 32.7 Å². The molecule has 0 amide bonds. The molecule has 2 aromatic carbocycles. The van der Waals surface area contributed by atoms with Crippen molar-refractivity contribution in [2.75, 3.05) is 72.3 Å². The largest absolute Gasteiger partial charge is 0.494 e. The zero-order valence-corrected chi connectivity index (χ0v) is 39.3. The number of nitrogens with one attached hydrogen (secondary N) is 2. The molecule has 0 bridgehead atoms. The summed E-state index contributed by atoms with van der Waals surface area (Å²) < 4.78 is 112. The lowest BCUT2D eigenvalue weighted by molar-refractivity contribution is 0.414. The van der Waals surface area contributed by atoms with Crippen LogP contribution in [0.4, 0.5) is 56.0 Å². The minimum atomic E-state index is -4.62. The highest BCUT2D eigenvalue weighted by molar-refractivity contribution is 8.00. The second-order valence-corrected chi connectivity index (χ2v) is 19.8. The first-order valence-corrected chi connectivity index (χ1v) is 25.8. The van der Waals surface area contributed by atoms with Crippen LogP contribution >= 0.6 is 34.4 Å². The van der Waals surface area contributed by atoms with E-state index in [2.05, 4.69) is 46.0 Å². The van der Waals surface area contributed by atoms with Crippen molar-refractivity contribution < 1.29 is 48.4 Å². The molecule has 0 radical (unpaired) electrons. The molecule has 0 saturated heterocycles. The third kappa shape index (κ3) is 12.8. The fraction of sp³-hybridized carbons (Fsp3) is 0.343. The first-order chi connectivity index (χ1) is 29.8. The number of hydrogen-bond donors (Lipinski definition) is 5. The minimum Gasteiger partial charge on any atom is -0.494 e. The Hall–Kier alpha value is -5.07. The van der Waals surface area contributed by atoms with E-state index in [4.69, 9.17) is 9.47 Å². The van der Waals surface area contributed by atoms with Crippen molar-refractivity contribution in [2.45, 2.75) is 42.6 Å². The maximum absolute atomic E-state index is 12.0. The lowest BCUT2D eigenvalue weighted by Gasteiger charge is -2.25. The Labute approximate surface area is 376 Å². The molecule has 0 aliphatic rings. The molecule has 0 aliphatic heterocycles. The number of benzene rings is 2. The zero-order chi connectivity index (χ0) is 46.1. The van der Waals surface area contributed by atoms with Crippen molar-refractivity contribution in [3.63, 3.8) is 0 Å². The van der Waals surface area contributed by atoms with Crippen molar-refractivity contribution >= 4 is 121 Å². The summed E-state index contributed by atoms with van der Waals surface area (Å²) in [5.74, 6) is -0.172. The molecule has 0 aliphatic carbocycles. The lowest BCUT2D eigenvalue weighted by atomic mass is 10.2. The van der Waals surface area contributed by atoms with Crippen LogP contribution < -0.4 is 29.9 Å². The van der Waals surface area contributed by atoms with Gasteiger partial charge in [-0.25, -0.2) is 0 Å². The van der Waals surface area contributed by atoms with Crippen LogP contribution in [0.1, 0.15) is 27.7 Å². The topological polar surface area (TPSA) is 300 Å². The first kappa shape index (κ1) is 49.0. The predicted octanol–water partition coefficient (Wildman–Crippen LogP) is 8.50. The van der Waals surface area contributed by atoms with E-state index in [1.165, 1.54) is 37.1 Å². The molecule has 0 fully saturated rings. The van der Waals surface area contributed by atoms with Crippen molar-refractivity contribution in [1.29, 1.82) is 0 Å². The summed E-state index contributed by atoms with van der Waals surface area (Å²) in [5.41, 5.74) is 2.04. The fourth-order valence-electron chi connectivity index (χ4n) is 5.76. The number of rotatable bonds is 22. The first-order valence-electron chi connectivity index (χ1n) is 18.6. The maximum atomic E-state index is 12.0. The number of methoxy groups -OCH3 is 2. The maximum Gasteiger partial charge on any atom is 0.297 e. The van der Waals surface area contributed by atoms with Crippen LogP contribution in [-0.2, 0) is 30.4 Å². The second-order valence-electron chi connectivity index (χ2n) is 12.6. The predicted molar refractivity (Wildman–Crippen MR) is 243 cm³/mol. The third-order valence-corrected chi connectivity index (χ3v) is 14.2. The number of hydrogen-bond acceptors (Lipinski definition) is 22. The number of azo groups is 2. The molecule has 3 heterocycles. The van der Waals surface area contributed by atoms with Gasteiger partial charge in [-0.05, 0) is 62.7 Å². The molecule has 340 valence electrons. The minimum absolute atomic E-state index is 0.00715. The summed E-state index contributed by atoms with van der Waals surface area (Å²) >= 11 is 2.76. The highest BCUT2D eigenvalue weighted by Gasteiger charge is 2.22. The van der Waals surface area contributed by atoms with Crippen molar-refractivity contribution in [2.24, 2.45) is 20.5 Å². The van der Waals surface area contributed by atoms with Gasteiger partial charge in [-0.1, -0.05) is 11.8 Å². The van der Waals surface area contributed by atoms with E-state index < -0.39 is 45.9 Å². The zero-order valence-electron chi connectivity index (χ0n) is 34.4. The smallest absolute Gasteiger partial charge is 0.297 e. The Kier molecular flexibility index (Phi) is 16.4. The number of thiophene rings is 2. The van der Waals surface area contributed by atoms with Gasteiger partial charge in [0.2, 0.25) is 11.9 Å². The Bertz CT molecular complexity index is 2640. The Balaban J connectivity index is 1.68. The second kappa shape index (κ2) is 21.1. The Morgan fingerprint density at radius 3 is 1.41 bits per heavy atom. The van der Waals surface area contributed by atoms with E-state index in [0.717, 1.165) is 34.4 Å². The average Bonchev–Trinajstić information content (AvgIpc) is 3.91. The molecule has 5 N–H and O–H groups in total. The van der Waals surface area contributed by atoms with Gasteiger partial charge in [-0.2, -0.15) is 40.2 Å². The van der Waals surface area contributed by atoms with Crippen LogP contribution in [0.2, 0.25) is 0 Å². The van der Waals surface area contributed by atoms with Crippen LogP contribution in [0.25, 0.3) is 0 Å². The van der Waals surface area contributed by atoms with Gasteiger partial charge < -0.3 is 29.9 Å². The highest BCUT2D eigenvalue weighted by atomic mass is 32.2. The molecular weight excluding hydrogens is 943 g/mol. The number of ether oxygens (including phenoxy) is 2.